The molecule has 5 heteroatoms. The lowest BCUT2D eigenvalue weighted by Gasteiger charge is -2.21. The first-order chi connectivity index (χ1) is 10.3. The molecule has 0 amide bonds. The minimum Gasteiger partial charge on any atom is -0.490 e. The van der Waals surface area contributed by atoms with E-state index in [9.17, 15) is 0 Å². The van der Waals surface area contributed by atoms with E-state index in [1.54, 1.807) is 7.11 Å². The molecule has 0 spiro atoms. The minimum atomic E-state index is 0.513. The summed E-state index contributed by atoms with van der Waals surface area (Å²) < 4.78 is 16.4. The number of rotatable bonds is 11. The maximum Gasteiger partial charge on any atom is 0.161 e. The second kappa shape index (κ2) is 11.0. The van der Waals surface area contributed by atoms with E-state index in [4.69, 9.17) is 19.5 Å². The Hall–Kier alpha value is -1.77. The van der Waals surface area contributed by atoms with Gasteiger partial charge in [-0.2, -0.15) is 5.26 Å². The van der Waals surface area contributed by atoms with Crippen molar-refractivity contribution in [2.75, 3.05) is 46.6 Å². The van der Waals surface area contributed by atoms with Gasteiger partial charge in [0.05, 0.1) is 19.3 Å². The summed E-state index contributed by atoms with van der Waals surface area (Å²) in [6.07, 6.45) is 0.513. The van der Waals surface area contributed by atoms with Crippen LogP contribution in [0, 0.1) is 11.3 Å². The molecule has 0 unspecified atom stereocenters. The first kappa shape index (κ1) is 17.3. The van der Waals surface area contributed by atoms with Gasteiger partial charge >= 0.3 is 0 Å². The third kappa shape index (κ3) is 6.98. The van der Waals surface area contributed by atoms with E-state index in [0.29, 0.717) is 26.2 Å². The normalized spacial score (nSPS) is 10.4. The van der Waals surface area contributed by atoms with Gasteiger partial charge in [0.25, 0.3) is 0 Å². The topological polar surface area (TPSA) is 54.7 Å². The van der Waals surface area contributed by atoms with Crippen molar-refractivity contribution in [1.82, 2.24) is 4.90 Å². The molecule has 0 N–H and O–H groups in total. The Balaban J connectivity index is 2.43. The van der Waals surface area contributed by atoms with Crippen LogP contribution in [0.5, 0.6) is 11.5 Å². The zero-order valence-corrected chi connectivity index (χ0v) is 12.9. The first-order valence-electron chi connectivity index (χ1n) is 7.24. The molecule has 0 saturated heterocycles. The summed E-state index contributed by atoms with van der Waals surface area (Å²) in [4.78, 5) is 2.16. The van der Waals surface area contributed by atoms with E-state index in [1.807, 2.05) is 31.2 Å². The standard InChI is InChI=1S/C16H24N2O3/c1-3-20-15-7-4-5-8-16(15)21-14-12-18(10-6-9-17)11-13-19-2/h4-5,7-8H,3,6,10-14H2,1-2H3. The lowest BCUT2D eigenvalue weighted by atomic mass is 10.3. The molecule has 0 bridgehead atoms. The quantitative estimate of drug-likeness (QED) is 0.626. The molecule has 0 aliphatic heterocycles. The fraction of sp³-hybridized carbons (Fsp3) is 0.562. The van der Waals surface area contributed by atoms with E-state index in [2.05, 4.69) is 11.0 Å². The zero-order valence-electron chi connectivity index (χ0n) is 12.9. The molecule has 0 heterocycles. The Bertz CT molecular complexity index is 432. The number of hydrogen-bond donors (Lipinski definition) is 0. The lowest BCUT2D eigenvalue weighted by molar-refractivity contribution is 0.135. The van der Waals surface area contributed by atoms with Crippen LogP contribution in [0.1, 0.15) is 13.3 Å². The Morgan fingerprint density at radius 2 is 1.71 bits per heavy atom. The van der Waals surface area contributed by atoms with Gasteiger partial charge in [-0.25, -0.2) is 0 Å². The highest BCUT2D eigenvalue weighted by Crippen LogP contribution is 2.26. The predicted molar refractivity (Wildman–Crippen MR) is 81.7 cm³/mol. The molecule has 0 fully saturated rings. The predicted octanol–water partition coefficient (Wildman–Crippen LogP) is 2.33. The number of nitriles is 1. The Kier molecular flexibility index (Phi) is 9.01. The summed E-state index contributed by atoms with van der Waals surface area (Å²) in [5.74, 6) is 1.52. The van der Waals surface area contributed by atoms with Gasteiger partial charge in [0.15, 0.2) is 11.5 Å². The Labute approximate surface area is 127 Å². The fourth-order valence-electron chi connectivity index (χ4n) is 1.89. The monoisotopic (exact) mass is 292 g/mol. The summed E-state index contributed by atoms with van der Waals surface area (Å²) in [6.45, 7) is 6.06. The lowest BCUT2D eigenvalue weighted by Crippen LogP contribution is -2.32. The van der Waals surface area contributed by atoms with Gasteiger partial charge in [0, 0.05) is 33.2 Å². The van der Waals surface area contributed by atoms with Crippen molar-refractivity contribution >= 4 is 0 Å². The number of nitrogens with zero attached hydrogens (tertiary/aromatic N) is 2. The molecule has 21 heavy (non-hydrogen) atoms. The van der Waals surface area contributed by atoms with Crippen molar-refractivity contribution in [2.45, 2.75) is 13.3 Å². The summed E-state index contributed by atoms with van der Waals surface area (Å²) in [6, 6.07) is 9.82. The average molecular weight is 292 g/mol. The first-order valence-corrected chi connectivity index (χ1v) is 7.24. The molecular formula is C16H24N2O3. The van der Waals surface area contributed by atoms with Crippen LogP contribution in [0.15, 0.2) is 24.3 Å². The molecule has 1 aromatic rings. The van der Waals surface area contributed by atoms with Crippen LogP contribution in [0.4, 0.5) is 0 Å². The van der Waals surface area contributed by atoms with Crippen LogP contribution < -0.4 is 9.47 Å². The number of ether oxygens (including phenoxy) is 3. The number of para-hydroxylation sites is 2. The molecule has 116 valence electrons. The van der Waals surface area contributed by atoms with Gasteiger partial charge in [-0.1, -0.05) is 12.1 Å². The highest BCUT2D eigenvalue weighted by molar-refractivity contribution is 5.39. The highest BCUT2D eigenvalue weighted by atomic mass is 16.5. The molecule has 0 aromatic heterocycles. The SMILES string of the molecule is CCOc1ccccc1OCCN(CCC#N)CCOC. The molecule has 5 nitrogen and oxygen atoms in total. The molecule has 0 atom stereocenters. The second-order valence-corrected chi connectivity index (χ2v) is 4.47. The van der Waals surface area contributed by atoms with Crippen LogP contribution in [0.25, 0.3) is 0 Å². The summed E-state index contributed by atoms with van der Waals surface area (Å²) >= 11 is 0. The van der Waals surface area contributed by atoms with Crippen LogP contribution in [-0.4, -0.2) is 51.5 Å². The molecule has 1 aromatic carbocycles. The molecule has 0 saturated carbocycles. The average Bonchev–Trinajstić information content (AvgIpc) is 2.51. The van der Waals surface area contributed by atoms with Crippen molar-refractivity contribution in [3.63, 3.8) is 0 Å². The van der Waals surface area contributed by atoms with Crippen LogP contribution in [0.2, 0.25) is 0 Å². The van der Waals surface area contributed by atoms with Crippen LogP contribution >= 0.6 is 0 Å². The third-order valence-electron chi connectivity index (χ3n) is 2.97. The van der Waals surface area contributed by atoms with Crippen molar-refractivity contribution < 1.29 is 14.2 Å². The summed E-state index contributed by atoms with van der Waals surface area (Å²) in [5.41, 5.74) is 0. The third-order valence-corrected chi connectivity index (χ3v) is 2.97. The zero-order chi connectivity index (χ0) is 15.3. The Morgan fingerprint density at radius 1 is 1.05 bits per heavy atom. The number of benzene rings is 1. The second-order valence-electron chi connectivity index (χ2n) is 4.47. The molecule has 0 aliphatic rings. The van der Waals surface area contributed by atoms with Gasteiger partial charge in [0.1, 0.15) is 6.61 Å². The minimum absolute atomic E-state index is 0.513. The molecule has 1 rings (SSSR count). The largest absolute Gasteiger partial charge is 0.490 e. The number of hydrogen-bond acceptors (Lipinski definition) is 5. The van der Waals surface area contributed by atoms with E-state index in [-0.39, 0.29) is 0 Å². The maximum absolute atomic E-state index is 8.68. The smallest absolute Gasteiger partial charge is 0.161 e. The van der Waals surface area contributed by atoms with E-state index in [0.717, 1.165) is 31.1 Å². The molecular weight excluding hydrogens is 268 g/mol. The maximum atomic E-state index is 8.68. The molecule has 0 aliphatic carbocycles. The van der Waals surface area contributed by atoms with E-state index < -0.39 is 0 Å². The van der Waals surface area contributed by atoms with E-state index >= 15 is 0 Å². The van der Waals surface area contributed by atoms with Gasteiger partial charge in [0.2, 0.25) is 0 Å². The van der Waals surface area contributed by atoms with Gasteiger partial charge in [-0.3, -0.25) is 4.90 Å². The van der Waals surface area contributed by atoms with Crippen molar-refractivity contribution in [2.24, 2.45) is 0 Å². The van der Waals surface area contributed by atoms with Crippen LogP contribution in [0.3, 0.4) is 0 Å². The van der Waals surface area contributed by atoms with Gasteiger partial charge in [-0.05, 0) is 19.1 Å². The van der Waals surface area contributed by atoms with Crippen molar-refractivity contribution in [3.8, 4) is 17.6 Å². The fourth-order valence-corrected chi connectivity index (χ4v) is 1.89. The van der Waals surface area contributed by atoms with Crippen molar-refractivity contribution in [1.29, 1.82) is 5.26 Å². The summed E-state index contributed by atoms with van der Waals surface area (Å²) in [7, 11) is 1.68. The number of methoxy groups -OCH3 is 1. The molecule has 0 radical (unpaired) electrons. The summed E-state index contributed by atoms with van der Waals surface area (Å²) in [5, 5.41) is 8.68. The van der Waals surface area contributed by atoms with Crippen molar-refractivity contribution in [3.05, 3.63) is 24.3 Å². The van der Waals surface area contributed by atoms with Gasteiger partial charge in [-0.15, -0.1) is 0 Å². The Morgan fingerprint density at radius 3 is 2.33 bits per heavy atom. The van der Waals surface area contributed by atoms with Crippen LogP contribution in [-0.2, 0) is 4.74 Å². The van der Waals surface area contributed by atoms with Gasteiger partial charge < -0.3 is 14.2 Å². The highest BCUT2D eigenvalue weighted by Gasteiger charge is 2.07. The van der Waals surface area contributed by atoms with E-state index in [1.165, 1.54) is 0 Å².